The first-order chi connectivity index (χ1) is 22.9. The largest absolute Gasteiger partial charge is 0.341 e. The summed E-state index contributed by atoms with van der Waals surface area (Å²) in [6.07, 6.45) is 7.17. The molecule has 2 saturated carbocycles. The summed E-state index contributed by atoms with van der Waals surface area (Å²) >= 11 is 0. The van der Waals surface area contributed by atoms with E-state index in [9.17, 15) is 23.6 Å². The number of alkyl halides is 1. The SMILES string of the molecule is CCn1nccc1C(=O)N[C@@](C)(C(=O)Nc1ccc([C@H](C)[C@@H](NC(=O)C2(F)CC2)C(=O)N2CCN(C)CC2)cc1F)C1CCCCCC1. The number of carbonyl (C=O) groups is 4. The summed E-state index contributed by atoms with van der Waals surface area (Å²) in [5.41, 5.74) is -2.64. The number of aryl methyl sites for hydroxylation is 1. The molecule has 0 spiro atoms. The number of anilines is 1. The van der Waals surface area contributed by atoms with Crippen molar-refractivity contribution in [3.05, 3.63) is 47.5 Å². The van der Waals surface area contributed by atoms with E-state index in [0.29, 0.717) is 44.0 Å². The summed E-state index contributed by atoms with van der Waals surface area (Å²) in [5.74, 6) is -3.72. The summed E-state index contributed by atoms with van der Waals surface area (Å²) in [6, 6.07) is 4.77. The van der Waals surface area contributed by atoms with Crippen LogP contribution >= 0.6 is 0 Å². The Kier molecular flexibility index (Phi) is 10.9. The van der Waals surface area contributed by atoms with Crippen molar-refractivity contribution in [2.24, 2.45) is 5.92 Å². The molecule has 0 radical (unpaired) electrons. The molecule has 2 heterocycles. The maximum atomic E-state index is 15.8. The molecular formula is C35H49F2N7O4. The van der Waals surface area contributed by atoms with Crippen LogP contribution in [0.25, 0.3) is 0 Å². The average Bonchev–Trinajstić information content (AvgIpc) is 3.75. The highest BCUT2D eigenvalue weighted by Gasteiger charge is 2.52. The maximum Gasteiger partial charge on any atom is 0.270 e. The minimum Gasteiger partial charge on any atom is -0.341 e. The zero-order chi connectivity index (χ0) is 34.6. The van der Waals surface area contributed by atoms with Gasteiger partial charge in [0.05, 0.1) is 5.69 Å². The first kappa shape index (κ1) is 35.4. The number of hydrogen-bond acceptors (Lipinski definition) is 6. The van der Waals surface area contributed by atoms with Crippen LogP contribution in [-0.2, 0) is 20.9 Å². The molecule has 3 aliphatic rings. The van der Waals surface area contributed by atoms with Gasteiger partial charge in [0.25, 0.3) is 11.8 Å². The third kappa shape index (κ3) is 7.71. The number of nitrogens with zero attached hydrogens (tertiary/aromatic N) is 4. The standard InChI is InChI=1S/C35H49F2N7O4/c1-5-44-28(14-17-38-44)30(45)41-34(3,25-10-8-6-7-9-11-25)32(47)39-27-13-12-24(22-26(27)36)23(2)29(40-33(48)35(37)15-16-35)31(46)43-20-18-42(4)19-21-43/h12-14,17,22-23,25,29H,5-11,15-16,18-21H2,1-4H3,(H,39,47)(H,40,48)(H,41,45)/t23-,29+,34+/m0/s1. The van der Waals surface area contributed by atoms with Gasteiger partial charge >= 0.3 is 0 Å². The molecule has 2 aromatic rings. The first-order valence-corrected chi connectivity index (χ1v) is 17.3. The zero-order valence-electron chi connectivity index (χ0n) is 28.5. The lowest BCUT2D eigenvalue weighted by Gasteiger charge is -2.37. The Morgan fingerprint density at radius 2 is 1.71 bits per heavy atom. The third-order valence-corrected chi connectivity index (χ3v) is 10.5. The highest BCUT2D eigenvalue weighted by molar-refractivity contribution is 6.03. The van der Waals surface area contributed by atoms with Crippen molar-refractivity contribution in [1.82, 2.24) is 30.2 Å². The molecule has 1 aliphatic heterocycles. The average molecular weight is 670 g/mol. The van der Waals surface area contributed by atoms with Crippen LogP contribution in [0.1, 0.15) is 94.1 Å². The number of rotatable bonds is 11. The van der Waals surface area contributed by atoms with Crippen molar-refractivity contribution < 1.29 is 28.0 Å². The summed E-state index contributed by atoms with van der Waals surface area (Å²) in [7, 11) is 1.96. The number of nitrogens with one attached hydrogen (secondary N) is 3. The molecular weight excluding hydrogens is 620 g/mol. The number of likely N-dealkylation sites (N-methyl/N-ethyl adjacent to an activating group) is 1. The van der Waals surface area contributed by atoms with Crippen molar-refractivity contribution in [3.63, 3.8) is 0 Å². The number of aromatic nitrogens is 2. The van der Waals surface area contributed by atoms with Crippen LogP contribution in [0, 0.1) is 11.7 Å². The molecule has 0 bridgehead atoms. The summed E-state index contributed by atoms with van der Waals surface area (Å²) in [5, 5.41) is 12.5. The number of halogens is 2. The van der Waals surface area contributed by atoms with Crippen LogP contribution < -0.4 is 16.0 Å². The van der Waals surface area contributed by atoms with E-state index in [4.69, 9.17) is 0 Å². The van der Waals surface area contributed by atoms with Crippen molar-refractivity contribution in [2.45, 2.75) is 102 Å². The lowest BCUT2D eigenvalue weighted by Crippen LogP contribution is -2.59. The lowest BCUT2D eigenvalue weighted by atomic mass is 9.79. The van der Waals surface area contributed by atoms with Gasteiger partial charge in [0.1, 0.15) is 23.1 Å². The van der Waals surface area contributed by atoms with Crippen LogP contribution in [-0.4, -0.2) is 93.7 Å². The van der Waals surface area contributed by atoms with Gasteiger partial charge in [-0.3, -0.25) is 23.9 Å². The Morgan fingerprint density at radius 1 is 1.04 bits per heavy atom. The summed E-state index contributed by atoms with van der Waals surface area (Å²) in [6.45, 7) is 8.01. The van der Waals surface area contributed by atoms with Gasteiger partial charge in [0.2, 0.25) is 11.8 Å². The Labute approximate surface area is 281 Å². The minimum atomic E-state index is -1.98. The molecule has 5 rings (SSSR count). The predicted octanol–water partition coefficient (Wildman–Crippen LogP) is 4.00. The van der Waals surface area contributed by atoms with E-state index in [1.54, 1.807) is 35.6 Å². The van der Waals surface area contributed by atoms with Crippen LogP contribution in [0.2, 0.25) is 0 Å². The molecule has 11 nitrogen and oxygen atoms in total. The normalized spacial score (nSPS) is 20.9. The minimum absolute atomic E-state index is 0.0738. The van der Waals surface area contributed by atoms with Gasteiger partial charge in [0.15, 0.2) is 5.67 Å². The fourth-order valence-electron chi connectivity index (χ4n) is 6.87. The topological polar surface area (TPSA) is 129 Å². The van der Waals surface area contributed by atoms with Gasteiger partial charge in [-0.1, -0.05) is 38.7 Å². The molecule has 48 heavy (non-hydrogen) atoms. The van der Waals surface area contributed by atoms with Crippen molar-refractivity contribution >= 4 is 29.3 Å². The molecule has 0 unspecified atom stereocenters. The van der Waals surface area contributed by atoms with E-state index in [2.05, 4.69) is 25.9 Å². The van der Waals surface area contributed by atoms with Crippen LogP contribution in [0.5, 0.6) is 0 Å². The molecule has 13 heteroatoms. The van der Waals surface area contributed by atoms with Crippen LogP contribution in [0.3, 0.4) is 0 Å². The fourth-order valence-corrected chi connectivity index (χ4v) is 6.87. The second kappa shape index (κ2) is 14.7. The Morgan fingerprint density at radius 3 is 2.31 bits per heavy atom. The van der Waals surface area contributed by atoms with Crippen LogP contribution in [0.15, 0.2) is 30.5 Å². The highest BCUT2D eigenvalue weighted by atomic mass is 19.1. The van der Waals surface area contributed by atoms with Crippen molar-refractivity contribution in [1.29, 1.82) is 0 Å². The highest BCUT2D eigenvalue weighted by Crippen LogP contribution is 2.40. The lowest BCUT2D eigenvalue weighted by molar-refractivity contribution is -0.140. The second-order valence-electron chi connectivity index (χ2n) is 13.9. The quantitative estimate of drug-likeness (QED) is 0.311. The van der Waals surface area contributed by atoms with E-state index in [-0.39, 0.29) is 30.4 Å². The third-order valence-electron chi connectivity index (χ3n) is 10.5. The van der Waals surface area contributed by atoms with Gasteiger partial charge < -0.3 is 25.8 Å². The number of hydrogen-bond donors (Lipinski definition) is 3. The molecule has 1 saturated heterocycles. The van der Waals surface area contributed by atoms with Gasteiger partial charge in [-0.05, 0) is 76.3 Å². The number of piperazine rings is 1. The monoisotopic (exact) mass is 669 g/mol. The fraction of sp³-hybridized carbons (Fsp3) is 0.629. The van der Waals surface area contributed by atoms with E-state index in [0.717, 1.165) is 38.5 Å². The smallest absolute Gasteiger partial charge is 0.270 e. The number of benzene rings is 1. The van der Waals surface area contributed by atoms with E-state index < -0.39 is 46.7 Å². The summed E-state index contributed by atoms with van der Waals surface area (Å²) < 4.78 is 32.1. The molecule has 4 amide bonds. The molecule has 1 aromatic carbocycles. The van der Waals surface area contributed by atoms with E-state index >= 15 is 4.39 Å². The van der Waals surface area contributed by atoms with Crippen molar-refractivity contribution in [2.75, 3.05) is 38.5 Å². The van der Waals surface area contributed by atoms with Gasteiger partial charge in [-0.25, -0.2) is 8.78 Å². The van der Waals surface area contributed by atoms with E-state index in [1.165, 1.54) is 18.3 Å². The molecule has 1 aromatic heterocycles. The Balaban J connectivity index is 1.36. The maximum absolute atomic E-state index is 15.8. The zero-order valence-corrected chi connectivity index (χ0v) is 28.5. The number of carbonyl (C=O) groups excluding carboxylic acids is 4. The van der Waals surface area contributed by atoms with Crippen molar-refractivity contribution in [3.8, 4) is 0 Å². The molecule has 3 fully saturated rings. The number of amides is 4. The Hall–Kier alpha value is -3.87. The molecule has 3 atom stereocenters. The second-order valence-corrected chi connectivity index (χ2v) is 13.9. The van der Waals surface area contributed by atoms with Gasteiger partial charge in [-0.15, -0.1) is 0 Å². The van der Waals surface area contributed by atoms with E-state index in [1.807, 2.05) is 14.0 Å². The van der Waals surface area contributed by atoms with Gasteiger partial charge in [-0.2, -0.15) is 5.10 Å². The molecule has 2 aliphatic carbocycles. The summed E-state index contributed by atoms with van der Waals surface area (Å²) in [4.78, 5) is 57.7. The molecule has 3 N–H and O–H groups in total. The van der Waals surface area contributed by atoms with Gasteiger partial charge in [0, 0.05) is 44.8 Å². The first-order valence-electron chi connectivity index (χ1n) is 17.3. The predicted molar refractivity (Wildman–Crippen MR) is 177 cm³/mol. The molecule has 262 valence electrons. The van der Waals surface area contributed by atoms with Crippen LogP contribution in [0.4, 0.5) is 14.5 Å². The Bertz CT molecular complexity index is 1500.